The van der Waals surface area contributed by atoms with E-state index in [2.05, 4.69) is 4.98 Å². The SMILES string of the molecule is COc1cccc(-c2nc3sc4c(c3c(=O)o2)CCCC4)c1. The van der Waals surface area contributed by atoms with Crippen LogP contribution in [0, 0.1) is 0 Å². The first-order chi connectivity index (χ1) is 10.8. The number of hydrogen-bond donors (Lipinski definition) is 0. The van der Waals surface area contributed by atoms with E-state index >= 15 is 0 Å². The summed E-state index contributed by atoms with van der Waals surface area (Å²) in [6.07, 6.45) is 4.33. The summed E-state index contributed by atoms with van der Waals surface area (Å²) >= 11 is 1.63. The molecule has 0 N–H and O–H groups in total. The van der Waals surface area contributed by atoms with Crippen LogP contribution in [0.5, 0.6) is 5.75 Å². The fraction of sp³-hybridized carbons (Fsp3) is 0.294. The Hall–Kier alpha value is -2.14. The zero-order valence-corrected chi connectivity index (χ0v) is 13.0. The lowest BCUT2D eigenvalue weighted by molar-refractivity contribution is 0.414. The van der Waals surface area contributed by atoms with E-state index in [1.54, 1.807) is 18.4 Å². The molecule has 0 bridgehead atoms. The standard InChI is InChI=1S/C17H15NO3S/c1-20-11-6-4-5-10(9-11)15-18-16-14(17(19)21-15)12-7-2-3-8-13(12)22-16/h4-6,9H,2-3,7-8H2,1H3. The molecule has 0 spiro atoms. The first-order valence-electron chi connectivity index (χ1n) is 7.36. The molecule has 22 heavy (non-hydrogen) atoms. The van der Waals surface area contributed by atoms with E-state index in [9.17, 15) is 4.79 Å². The van der Waals surface area contributed by atoms with Crippen LogP contribution in [0.15, 0.2) is 33.5 Å². The van der Waals surface area contributed by atoms with Crippen molar-refractivity contribution >= 4 is 21.6 Å². The smallest absolute Gasteiger partial charge is 0.348 e. The lowest BCUT2D eigenvalue weighted by Crippen LogP contribution is -2.06. The summed E-state index contributed by atoms with van der Waals surface area (Å²) in [6.45, 7) is 0. The minimum Gasteiger partial charge on any atom is -0.497 e. The lowest BCUT2D eigenvalue weighted by atomic mass is 9.97. The quantitative estimate of drug-likeness (QED) is 0.722. The summed E-state index contributed by atoms with van der Waals surface area (Å²) in [5.74, 6) is 1.07. The molecule has 1 aliphatic carbocycles. The first kappa shape index (κ1) is 13.5. The lowest BCUT2D eigenvalue weighted by Gasteiger charge is -2.09. The Labute approximate surface area is 131 Å². The van der Waals surface area contributed by atoms with Gasteiger partial charge in [0.05, 0.1) is 7.11 Å². The van der Waals surface area contributed by atoms with E-state index in [0.29, 0.717) is 17.0 Å². The number of rotatable bonds is 2. The molecule has 5 heteroatoms. The zero-order chi connectivity index (χ0) is 15.1. The van der Waals surface area contributed by atoms with Gasteiger partial charge in [-0.3, -0.25) is 0 Å². The van der Waals surface area contributed by atoms with Gasteiger partial charge in [-0.15, -0.1) is 11.3 Å². The van der Waals surface area contributed by atoms with Gasteiger partial charge in [0.25, 0.3) is 0 Å². The molecule has 0 unspecified atom stereocenters. The van der Waals surface area contributed by atoms with Gasteiger partial charge in [0.1, 0.15) is 16.0 Å². The number of aryl methyl sites for hydroxylation is 2. The molecule has 0 saturated carbocycles. The minimum atomic E-state index is -0.276. The Kier molecular flexibility index (Phi) is 3.22. The van der Waals surface area contributed by atoms with Crippen LogP contribution in [0.2, 0.25) is 0 Å². The summed E-state index contributed by atoms with van der Waals surface area (Å²) in [4.78, 5) is 19.1. The van der Waals surface area contributed by atoms with Crippen molar-refractivity contribution < 1.29 is 9.15 Å². The second-order valence-corrected chi connectivity index (χ2v) is 6.51. The molecule has 0 fully saturated rings. The van der Waals surface area contributed by atoms with E-state index in [1.165, 1.54) is 11.3 Å². The van der Waals surface area contributed by atoms with Gasteiger partial charge in [0.15, 0.2) is 0 Å². The fourth-order valence-corrected chi connectivity index (χ4v) is 4.22. The highest BCUT2D eigenvalue weighted by molar-refractivity contribution is 7.18. The van der Waals surface area contributed by atoms with Crippen LogP contribution in [-0.4, -0.2) is 12.1 Å². The van der Waals surface area contributed by atoms with Crippen LogP contribution >= 0.6 is 11.3 Å². The molecule has 112 valence electrons. The Balaban J connectivity index is 1.91. The molecule has 0 aliphatic heterocycles. The molecule has 0 radical (unpaired) electrons. The van der Waals surface area contributed by atoms with Gasteiger partial charge in [-0.1, -0.05) is 6.07 Å². The highest BCUT2D eigenvalue weighted by Crippen LogP contribution is 2.34. The zero-order valence-electron chi connectivity index (χ0n) is 12.2. The topological polar surface area (TPSA) is 52.3 Å². The Bertz CT molecular complexity index is 910. The molecule has 1 aromatic carbocycles. The van der Waals surface area contributed by atoms with Crippen molar-refractivity contribution in [2.75, 3.05) is 7.11 Å². The maximum atomic E-state index is 12.4. The Morgan fingerprint density at radius 1 is 1.27 bits per heavy atom. The number of methoxy groups -OCH3 is 1. The summed E-state index contributed by atoms with van der Waals surface area (Å²) in [6, 6.07) is 7.40. The molecule has 0 amide bonds. The normalized spacial score (nSPS) is 14.0. The number of ether oxygens (including phenoxy) is 1. The second kappa shape index (κ2) is 5.25. The molecule has 0 atom stereocenters. The summed E-state index contributed by atoms with van der Waals surface area (Å²) < 4.78 is 10.7. The molecule has 2 aromatic heterocycles. The van der Waals surface area contributed by atoms with Crippen LogP contribution in [0.4, 0.5) is 0 Å². The van der Waals surface area contributed by atoms with E-state index in [0.717, 1.165) is 35.2 Å². The van der Waals surface area contributed by atoms with Gasteiger partial charge >= 0.3 is 5.63 Å². The van der Waals surface area contributed by atoms with Crippen LogP contribution in [0.1, 0.15) is 23.3 Å². The first-order valence-corrected chi connectivity index (χ1v) is 8.18. The van der Waals surface area contributed by atoms with Crippen molar-refractivity contribution in [3.8, 4) is 17.2 Å². The molecular weight excluding hydrogens is 298 g/mol. The van der Waals surface area contributed by atoms with Gasteiger partial charge in [0.2, 0.25) is 5.89 Å². The van der Waals surface area contributed by atoms with Gasteiger partial charge in [-0.05, 0) is 49.4 Å². The minimum absolute atomic E-state index is 0.276. The molecule has 1 aliphatic rings. The van der Waals surface area contributed by atoms with E-state index < -0.39 is 0 Å². The second-order valence-electron chi connectivity index (χ2n) is 5.43. The predicted octanol–water partition coefficient (Wildman–Crippen LogP) is 3.80. The highest BCUT2D eigenvalue weighted by Gasteiger charge is 2.21. The van der Waals surface area contributed by atoms with Crippen molar-refractivity contribution in [3.05, 3.63) is 45.1 Å². The molecule has 3 aromatic rings. The van der Waals surface area contributed by atoms with Crippen molar-refractivity contribution in [2.24, 2.45) is 0 Å². The highest BCUT2D eigenvalue weighted by atomic mass is 32.1. The van der Waals surface area contributed by atoms with E-state index in [-0.39, 0.29) is 5.63 Å². The van der Waals surface area contributed by atoms with E-state index in [1.807, 2.05) is 24.3 Å². The third-order valence-electron chi connectivity index (χ3n) is 4.07. The average molecular weight is 313 g/mol. The van der Waals surface area contributed by atoms with Crippen molar-refractivity contribution in [3.63, 3.8) is 0 Å². The molecular formula is C17H15NO3S. The van der Waals surface area contributed by atoms with Crippen LogP contribution in [0.3, 0.4) is 0 Å². The summed E-state index contributed by atoms with van der Waals surface area (Å²) in [5, 5.41) is 0.686. The maximum Gasteiger partial charge on any atom is 0.348 e. The number of benzene rings is 1. The Morgan fingerprint density at radius 2 is 2.14 bits per heavy atom. The maximum absolute atomic E-state index is 12.4. The molecule has 0 saturated heterocycles. The fourth-order valence-electron chi connectivity index (χ4n) is 2.97. The van der Waals surface area contributed by atoms with Crippen LogP contribution in [0.25, 0.3) is 21.7 Å². The third-order valence-corrected chi connectivity index (χ3v) is 5.25. The van der Waals surface area contributed by atoms with E-state index in [4.69, 9.17) is 9.15 Å². The van der Waals surface area contributed by atoms with Gasteiger partial charge in [0, 0.05) is 10.4 Å². The summed E-state index contributed by atoms with van der Waals surface area (Å²) in [5.41, 5.74) is 1.64. The number of nitrogens with zero attached hydrogens (tertiary/aromatic N) is 1. The number of aromatic nitrogens is 1. The monoisotopic (exact) mass is 313 g/mol. The Morgan fingerprint density at radius 3 is 3.00 bits per heavy atom. The third kappa shape index (κ3) is 2.13. The van der Waals surface area contributed by atoms with Crippen molar-refractivity contribution in [2.45, 2.75) is 25.7 Å². The van der Waals surface area contributed by atoms with Crippen molar-refractivity contribution in [1.29, 1.82) is 0 Å². The number of fused-ring (bicyclic) bond motifs is 3. The van der Waals surface area contributed by atoms with Gasteiger partial charge in [-0.25, -0.2) is 9.78 Å². The van der Waals surface area contributed by atoms with Crippen LogP contribution in [-0.2, 0) is 12.8 Å². The number of thiophene rings is 1. The molecule has 4 rings (SSSR count). The largest absolute Gasteiger partial charge is 0.497 e. The van der Waals surface area contributed by atoms with Gasteiger partial charge in [-0.2, -0.15) is 0 Å². The van der Waals surface area contributed by atoms with Gasteiger partial charge < -0.3 is 9.15 Å². The summed E-state index contributed by atoms with van der Waals surface area (Å²) in [7, 11) is 1.61. The van der Waals surface area contributed by atoms with Crippen LogP contribution < -0.4 is 10.4 Å². The molecule has 2 heterocycles. The average Bonchev–Trinajstić information content (AvgIpc) is 2.93. The van der Waals surface area contributed by atoms with Crippen molar-refractivity contribution in [1.82, 2.24) is 4.98 Å². The molecule has 4 nitrogen and oxygen atoms in total. The number of hydrogen-bond acceptors (Lipinski definition) is 5. The predicted molar refractivity (Wildman–Crippen MR) is 86.8 cm³/mol.